The van der Waals surface area contributed by atoms with E-state index in [1.807, 2.05) is 7.05 Å². The van der Waals surface area contributed by atoms with Crippen molar-refractivity contribution < 1.29 is 0 Å². The minimum Gasteiger partial charge on any atom is -0.318 e. The molecule has 0 saturated carbocycles. The van der Waals surface area contributed by atoms with E-state index in [0.29, 0.717) is 6.04 Å². The first-order valence-electron chi connectivity index (χ1n) is 6.25. The van der Waals surface area contributed by atoms with Crippen LogP contribution >= 0.6 is 0 Å². The average Bonchev–Trinajstić information content (AvgIpc) is 2.74. The van der Waals surface area contributed by atoms with Crippen LogP contribution in [0.25, 0.3) is 0 Å². The van der Waals surface area contributed by atoms with Crippen molar-refractivity contribution in [3.8, 4) is 0 Å². The highest BCUT2D eigenvalue weighted by molar-refractivity contribution is 5.19. The van der Waals surface area contributed by atoms with E-state index in [1.54, 1.807) is 0 Å². The van der Waals surface area contributed by atoms with Gasteiger partial charge in [0.25, 0.3) is 0 Å². The van der Waals surface area contributed by atoms with Gasteiger partial charge in [0.2, 0.25) is 0 Å². The van der Waals surface area contributed by atoms with Crippen LogP contribution in [0.3, 0.4) is 0 Å². The maximum atomic E-state index is 3.32. The molecule has 1 saturated heterocycles. The Balaban J connectivity index is 2.11. The first-order chi connectivity index (χ1) is 7.81. The van der Waals surface area contributed by atoms with Crippen molar-refractivity contribution >= 4 is 0 Å². The minimum atomic E-state index is 0.538. The summed E-state index contributed by atoms with van der Waals surface area (Å²) in [6, 6.07) is 11.4. The number of benzene rings is 1. The summed E-state index contributed by atoms with van der Waals surface area (Å²) >= 11 is 0. The quantitative estimate of drug-likeness (QED) is 0.834. The lowest BCUT2D eigenvalue weighted by molar-refractivity contribution is 0.235. The monoisotopic (exact) mass is 218 g/mol. The zero-order valence-corrected chi connectivity index (χ0v) is 10.3. The van der Waals surface area contributed by atoms with Crippen LogP contribution in [0.1, 0.15) is 24.9 Å². The number of likely N-dealkylation sites (tertiary alicyclic amines) is 1. The van der Waals surface area contributed by atoms with E-state index >= 15 is 0 Å². The second-order valence-electron chi connectivity index (χ2n) is 4.87. The number of nitrogens with zero attached hydrogens (tertiary/aromatic N) is 1. The molecule has 0 aliphatic carbocycles. The fraction of sp³-hybridized carbons (Fsp3) is 0.571. The maximum Gasteiger partial charge on any atom is 0.0472 e. The van der Waals surface area contributed by atoms with Crippen LogP contribution < -0.4 is 5.32 Å². The largest absolute Gasteiger partial charge is 0.318 e. The topological polar surface area (TPSA) is 15.3 Å². The van der Waals surface area contributed by atoms with Crippen LogP contribution in [0, 0.1) is 5.92 Å². The van der Waals surface area contributed by atoms with Gasteiger partial charge in [-0.1, -0.05) is 37.3 Å². The fourth-order valence-corrected chi connectivity index (χ4v) is 2.58. The Bertz CT molecular complexity index is 310. The second-order valence-corrected chi connectivity index (χ2v) is 4.87. The molecule has 0 aromatic heterocycles. The van der Waals surface area contributed by atoms with Crippen LogP contribution in [0.4, 0.5) is 0 Å². The highest BCUT2D eigenvalue weighted by atomic mass is 15.2. The van der Waals surface area contributed by atoms with Gasteiger partial charge in [-0.25, -0.2) is 0 Å². The predicted molar refractivity (Wildman–Crippen MR) is 68.5 cm³/mol. The molecule has 16 heavy (non-hydrogen) atoms. The van der Waals surface area contributed by atoms with Gasteiger partial charge in [0.1, 0.15) is 0 Å². The van der Waals surface area contributed by atoms with Crippen LogP contribution in [0.5, 0.6) is 0 Å². The van der Waals surface area contributed by atoms with Crippen molar-refractivity contribution in [2.24, 2.45) is 5.92 Å². The summed E-state index contributed by atoms with van der Waals surface area (Å²) in [5.74, 6) is 0.850. The van der Waals surface area contributed by atoms with E-state index in [1.165, 1.54) is 25.1 Å². The van der Waals surface area contributed by atoms with Gasteiger partial charge < -0.3 is 5.32 Å². The van der Waals surface area contributed by atoms with Crippen LogP contribution in [0.2, 0.25) is 0 Å². The van der Waals surface area contributed by atoms with E-state index in [2.05, 4.69) is 47.5 Å². The van der Waals surface area contributed by atoms with E-state index in [4.69, 9.17) is 0 Å². The maximum absolute atomic E-state index is 3.32. The molecule has 1 aliphatic heterocycles. The van der Waals surface area contributed by atoms with E-state index in [-0.39, 0.29) is 0 Å². The number of nitrogens with one attached hydrogen (secondary N) is 1. The molecule has 2 unspecified atom stereocenters. The van der Waals surface area contributed by atoms with Crippen LogP contribution in [-0.2, 0) is 0 Å². The van der Waals surface area contributed by atoms with Gasteiger partial charge in [0, 0.05) is 19.1 Å². The lowest BCUT2D eigenvalue weighted by Gasteiger charge is -2.28. The third-order valence-electron chi connectivity index (χ3n) is 3.48. The van der Waals surface area contributed by atoms with Gasteiger partial charge in [-0.3, -0.25) is 4.90 Å². The van der Waals surface area contributed by atoms with Gasteiger partial charge in [-0.15, -0.1) is 0 Å². The van der Waals surface area contributed by atoms with E-state index in [9.17, 15) is 0 Å². The second kappa shape index (κ2) is 5.46. The highest BCUT2D eigenvalue weighted by Gasteiger charge is 2.26. The smallest absolute Gasteiger partial charge is 0.0472 e. The summed E-state index contributed by atoms with van der Waals surface area (Å²) in [6.07, 6.45) is 1.34. The SMILES string of the molecule is CNCC(c1ccccc1)N1CCC(C)C1. The van der Waals surface area contributed by atoms with Gasteiger partial charge in [-0.05, 0) is 31.5 Å². The average molecular weight is 218 g/mol. The summed E-state index contributed by atoms with van der Waals surface area (Å²) < 4.78 is 0. The molecule has 2 nitrogen and oxygen atoms in total. The molecule has 0 spiro atoms. The molecule has 2 atom stereocenters. The van der Waals surface area contributed by atoms with Crippen molar-refractivity contribution in [2.75, 3.05) is 26.7 Å². The normalized spacial score (nSPS) is 23.5. The molecule has 88 valence electrons. The Hall–Kier alpha value is -0.860. The van der Waals surface area contributed by atoms with Crippen molar-refractivity contribution in [3.63, 3.8) is 0 Å². The lowest BCUT2D eigenvalue weighted by atomic mass is 10.1. The third-order valence-corrected chi connectivity index (χ3v) is 3.48. The van der Waals surface area contributed by atoms with Crippen LogP contribution in [-0.4, -0.2) is 31.6 Å². The summed E-state index contributed by atoms with van der Waals surface area (Å²) in [5, 5.41) is 3.32. The molecule has 0 bridgehead atoms. The molecule has 0 amide bonds. The summed E-state index contributed by atoms with van der Waals surface area (Å²) in [5.41, 5.74) is 1.44. The van der Waals surface area contributed by atoms with Gasteiger partial charge in [0.05, 0.1) is 0 Å². The molecule has 2 rings (SSSR count). The number of hydrogen-bond donors (Lipinski definition) is 1. The summed E-state index contributed by atoms with van der Waals surface area (Å²) in [7, 11) is 2.04. The molecular weight excluding hydrogens is 196 g/mol. The Morgan fingerprint density at radius 3 is 2.69 bits per heavy atom. The molecule has 1 aliphatic rings. The molecule has 1 N–H and O–H groups in total. The molecule has 0 radical (unpaired) electrons. The van der Waals surface area contributed by atoms with Crippen molar-refractivity contribution in [3.05, 3.63) is 35.9 Å². The zero-order valence-electron chi connectivity index (χ0n) is 10.3. The van der Waals surface area contributed by atoms with Crippen molar-refractivity contribution in [1.82, 2.24) is 10.2 Å². The van der Waals surface area contributed by atoms with Gasteiger partial charge in [-0.2, -0.15) is 0 Å². The summed E-state index contributed by atoms with van der Waals surface area (Å²) in [6.45, 7) is 5.86. The van der Waals surface area contributed by atoms with E-state index < -0.39 is 0 Å². The Labute approximate surface area is 98.7 Å². The lowest BCUT2D eigenvalue weighted by Crippen LogP contribution is -2.33. The summed E-state index contributed by atoms with van der Waals surface area (Å²) in [4.78, 5) is 2.61. The standard InChI is InChI=1S/C14H22N2/c1-12-8-9-16(11-12)14(10-15-2)13-6-4-3-5-7-13/h3-7,12,14-15H,8-11H2,1-2H3. The Kier molecular flexibility index (Phi) is 3.97. The number of rotatable bonds is 4. The molecular formula is C14H22N2. The molecule has 1 fully saturated rings. The predicted octanol–water partition coefficient (Wildman–Crippen LogP) is 2.29. The third kappa shape index (κ3) is 2.63. The first kappa shape index (κ1) is 11.6. The molecule has 1 aromatic carbocycles. The van der Waals surface area contributed by atoms with Crippen molar-refractivity contribution in [2.45, 2.75) is 19.4 Å². The Morgan fingerprint density at radius 1 is 1.38 bits per heavy atom. The minimum absolute atomic E-state index is 0.538. The zero-order chi connectivity index (χ0) is 11.4. The molecule has 1 aromatic rings. The molecule has 1 heterocycles. The Morgan fingerprint density at radius 2 is 2.12 bits per heavy atom. The van der Waals surface area contributed by atoms with Crippen molar-refractivity contribution in [1.29, 1.82) is 0 Å². The van der Waals surface area contributed by atoms with E-state index in [0.717, 1.165) is 12.5 Å². The highest BCUT2D eigenvalue weighted by Crippen LogP contribution is 2.26. The molecule has 2 heteroatoms. The van der Waals surface area contributed by atoms with Gasteiger partial charge in [0.15, 0.2) is 0 Å². The van der Waals surface area contributed by atoms with Gasteiger partial charge >= 0.3 is 0 Å². The first-order valence-corrected chi connectivity index (χ1v) is 6.25. The number of likely N-dealkylation sites (N-methyl/N-ethyl adjacent to an activating group) is 1. The van der Waals surface area contributed by atoms with Crippen LogP contribution in [0.15, 0.2) is 30.3 Å². The fourth-order valence-electron chi connectivity index (χ4n) is 2.58. The number of hydrogen-bond acceptors (Lipinski definition) is 2.